The topological polar surface area (TPSA) is 85.2 Å². The summed E-state index contributed by atoms with van der Waals surface area (Å²) in [6.45, 7) is 1.98. The monoisotopic (exact) mass is 394 g/mol. The second-order valence-corrected chi connectivity index (χ2v) is 9.97. The van der Waals surface area contributed by atoms with E-state index in [0.717, 1.165) is 11.3 Å². The zero-order valence-corrected chi connectivity index (χ0v) is 16.4. The first-order chi connectivity index (χ1) is 12.4. The van der Waals surface area contributed by atoms with Gasteiger partial charge in [0, 0.05) is 12.3 Å². The number of rotatable bonds is 6. The van der Waals surface area contributed by atoms with Crippen molar-refractivity contribution in [1.82, 2.24) is 19.7 Å². The summed E-state index contributed by atoms with van der Waals surface area (Å²) in [5.41, 5.74) is 1.93. The first-order valence-electron chi connectivity index (χ1n) is 8.38. The highest BCUT2D eigenvalue weighted by molar-refractivity contribution is 8.02. The van der Waals surface area contributed by atoms with Crippen molar-refractivity contribution in [3.63, 3.8) is 0 Å². The smallest absolute Gasteiger partial charge is 0.232 e. The summed E-state index contributed by atoms with van der Waals surface area (Å²) >= 11 is 1.45. The van der Waals surface area contributed by atoms with Crippen LogP contribution in [0.2, 0.25) is 0 Å². The minimum absolute atomic E-state index is 0.00662. The molecule has 9 heteroatoms. The normalized spacial score (nSPS) is 20.0. The van der Waals surface area contributed by atoms with Gasteiger partial charge in [-0.1, -0.05) is 12.1 Å². The zero-order valence-electron chi connectivity index (χ0n) is 14.8. The van der Waals surface area contributed by atoms with Crippen molar-refractivity contribution in [1.29, 1.82) is 0 Å². The van der Waals surface area contributed by atoms with Crippen LogP contribution < -0.4 is 0 Å². The van der Waals surface area contributed by atoms with Crippen molar-refractivity contribution in [2.75, 3.05) is 24.3 Å². The van der Waals surface area contributed by atoms with Gasteiger partial charge in [0.05, 0.1) is 29.0 Å². The molecule has 0 spiro atoms. The van der Waals surface area contributed by atoms with Crippen molar-refractivity contribution in [3.8, 4) is 5.69 Å². The number of thioether (sulfide) groups is 1. The lowest BCUT2D eigenvalue weighted by Gasteiger charge is -2.26. The van der Waals surface area contributed by atoms with Crippen LogP contribution in [0.4, 0.5) is 0 Å². The van der Waals surface area contributed by atoms with Gasteiger partial charge in [0.1, 0.15) is 12.7 Å². The predicted octanol–water partition coefficient (Wildman–Crippen LogP) is 1.71. The van der Waals surface area contributed by atoms with Crippen molar-refractivity contribution in [3.05, 3.63) is 42.5 Å². The molecule has 1 aliphatic heterocycles. The summed E-state index contributed by atoms with van der Waals surface area (Å²) in [6, 6.07) is 7.76. The Morgan fingerprint density at radius 2 is 2.12 bits per heavy atom. The molecule has 1 amide bonds. The lowest BCUT2D eigenvalue weighted by molar-refractivity contribution is -0.128. The van der Waals surface area contributed by atoms with E-state index in [4.69, 9.17) is 0 Å². The molecule has 26 heavy (non-hydrogen) atoms. The minimum atomic E-state index is -2.90. The van der Waals surface area contributed by atoms with E-state index in [0.29, 0.717) is 12.2 Å². The second kappa shape index (κ2) is 7.79. The Morgan fingerprint density at radius 3 is 2.69 bits per heavy atom. The maximum Gasteiger partial charge on any atom is 0.232 e. The number of carbonyl (C=O) groups excluding carboxylic acids is 1. The van der Waals surface area contributed by atoms with Crippen LogP contribution in [0, 0.1) is 0 Å². The molecule has 1 aromatic carbocycles. The third-order valence-corrected chi connectivity index (χ3v) is 7.93. The fourth-order valence-electron chi connectivity index (χ4n) is 2.87. The van der Waals surface area contributed by atoms with E-state index in [1.165, 1.54) is 18.1 Å². The van der Waals surface area contributed by atoms with E-state index in [9.17, 15) is 13.2 Å². The summed E-state index contributed by atoms with van der Waals surface area (Å²) in [5, 5.41) is 4.13. The van der Waals surface area contributed by atoms with Crippen molar-refractivity contribution < 1.29 is 13.2 Å². The number of amides is 1. The molecule has 0 aliphatic carbocycles. The van der Waals surface area contributed by atoms with Crippen LogP contribution in [0.1, 0.15) is 24.9 Å². The average molecular weight is 395 g/mol. The molecule has 1 aromatic heterocycles. The number of carbonyl (C=O) groups is 1. The Morgan fingerprint density at radius 1 is 1.38 bits per heavy atom. The van der Waals surface area contributed by atoms with Crippen molar-refractivity contribution in [2.24, 2.45) is 0 Å². The maximum absolute atomic E-state index is 12.5. The Bertz CT molecular complexity index is 851. The maximum atomic E-state index is 12.5. The SMILES string of the molecule is C[C@H](c1ccc(-n2cncn2)cc1)N(C)C(=O)CS[C@H]1CCS(=O)(=O)C1. The van der Waals surface area contributed by atoms with Gasteiger partial charge in [-0.3, -0.25) is 4.79 Å². The van der Waals surface area contributed by atoms with Gasteiger partial charge in [0.15, 0.2) is 9.84 Å². The highest BCUT2D eigenvalue weighted by atomic mass is 32.2. The summed E-state index contributed by atoms with van der Waals surface area (Å²) in [5.74, 6) is 0.738. The number of aromatic nitrogens is 3. The van der Waals surface area contributed by atoms with Crippen LogP contribution in [-0.2, 0) is 14.6 Å². The number of hydrogen-bond acceptors (Lipinski definition) is 6. The van der Waals surface area contributed by atoms with Gasteiger partial charge in [0.2, 0.25) is 5.91 Å². The molecule has 0 unspecified atom stereocenters. The van der Waals surface area contributed by atoms with Gasteiger partial charge in [-0.2, -0.15) is 5.10 Å². The Balaban J connectivity index is 1.56. The lowest BCUT2D eigenvalue weighted by atomic mass is 10.1. The van der Waals surface area contributed by atoms with E-state index < -0.39 is 9.84 Å². The molecule has 2 aromatic rings. The highest BCUT2D eigenvalue weighted by Gasteiger charge is 2.29. The first-order valence-corrected chi connectivity index (χ1v) is 11.3. The first kappa shape index (κ1) is 18.9. The molecule has 0 bridgehead atoms. The zero-order chi connectivity index (χ0) is 18.7. The predicted molar refractivity (Wildman–Crippen MR) is 102 cm³/mol. The third kappa shape index (κ3) is 4.45. The molecule has 3 rings (SSSR count). The molecule has 140 valence electrons. The molecule has 2 heterocycles. The largest absolute Gasteiger partial charge is 0.338 e. The van der Waals surface area contributed by atoms with Crippen LogP contribution in [0.25, 0.3) is 5.69 Å². The van der Waals surface area contributed by atoms with Crippen LogP contribution in [0.3, 0.4) is 0 Å². The molecular formula is C17H22N4O3S2. The molecule has 1 fully saturated rings. The van der Waals surface area contributed by atoms with Gasteiger partial charge in [-0.25, -0.2) is 18.1 Å². The van der Waals surface area contributed by atoms with E-state index in [1.54, 1.807) is 23.0 Å². The van der Waals surface area contributed by atoms with Gasteiger partial charge in [0.25, 0.3) is 0 Å². The Labute approximate surface area is 157 Å². The van der Waals surface area contributed by atoms with Crippen molar-refractivity contribution >= 4 is 27.5 Å². The number of sulfone groups is 1. The van der Waals surface area contributed by atoms with Gasteiger partial charge in [-0.15, -0.1) is 11.8 Å². The highest BCUT2D eigenvalue weighted by Crippen LogP contribution is 2.26. The molecule has 1 aliphatic rings. The molecule has 0 N–H and O–H groups in total. The molecule has 0 radical (unpaired) electrons. The average Bonchev–Trinajstić information content (AvgIpc) is 3.28. The molecule has 1 saturated heterocycles. The van der Waals surface area contributed by atoms with Gasteiger partial charge in [-0.05, 0) is 31.0 Å². The fraction of sp³-hybridized carbons (Fsp3) is 0.471. The summed E-state index contributed by atoms with van der Waals surface area (Å²) < 4.78 is 24.7. The van der Waals surface area contributed by atoms with Crippen LogP contribution in [-0.4, -0.2) is 63.5 Å². The van der Waals surface area contributed by atoms with E-state index >= 15 is 0 Å². The molecule has 2 atom stereocenters. The standard InChI is InChI=1S/C17H22N4O3S2/c1-13(14-3-5-15(6-4-14)21-12-18-11-19-21)20(2)17(22)9-25-16-7-8-26(23,24)10-16/h3-6,11-13,16H,7-10H2,1-2H3/t13-,16+/m1/s1. The Hall–Kier alpha value is -1.87. The summed E-state index contributed by atoms with van der Waals surface area (Å²) in [6.07, 6.45) is 3.76. The van der Waals surface area contributed by atoms with Crippen LogP contribution >= 0.6 is 11.8 Å². The minimum Gasteiger partial charge on any atom is -0.338 e. The van der Waals surface area contributed by atoms with E-state index in [1.807, 2.05) is 31.2 Å². The van der Waals surface area contributed by atoms with E-state index in [2.05, 4.69) is 10.1 Å². The summed E-state index contributed by atoms with van der Waals surface area (Å²) in [7, 11) is -1.12. The van der Waals surface area contributed by atoms with Gasteiger partial charge < -0.3 is 4.90 Å². The molecular weight excluding hydrogens is 372 g/mol. The second-order valence-electron chi connectivity index (χ2n) is 6.45. The number of nitrogens with zero attached hydrogens (tertiary/aromatic N) is 4. The third-order valence-electron chi connectivity index (χ3n) is 4.67. The van der Waals surface area contributed by atoms with Crippen molar-refractivity contribution in [2.45, 2.75) is 24.6 Å². The molecule has 7 nitrogen and oxygen atoms in total. The quantitative estimate of drug-likeness (QED) is 0.741. The number of benzene rings is 1. The number of hydrogen-bond donors (Lipinski definition) is 0. The molecule has 0 saturated carbocycles. The lowest BCUT2D eigenvalue weighted by Crippen LogP contribution is -2.31. The van der Waals surface area contributed by atoms with Crippen LogP contribution in [0.5, 0.6) is 0 Å². The fourth-order valence-corrected chi connectivity index (χ4v) is 6.44. The summed E-state index contributed by atoms with van der Waals surface area (Å²) in [4.78, 5) is 18.1. The Kier molecular flexibility index (Phi) is 5.67. The van der Waals surface area contributed by atoms with Crippen LogP contribution in [0.15, 0.2) is 36.9 Å². The van der Waals surface area contributed by atoms with E-state index in [-0.39, 0.29) is 28.7 Å². The van der Waals surface area contributed by atoms with Gasteiger partial charge >= 0.3 is 0 Å².